The van der Waals surface area contributed by atoms with E-state index in [0.29, 0.717) is 6.61 Å². The summed E-state index contributed by atoms with van der Waals surface area (Å²) in [5.74, 6) is 0.332. The number of ether oxygens (including phenoxy) is 1. The van der Waals surface area contributed by atoms with Gasteiger partial charge < -0.3 is 9.26 Å². The van der Waals surface area contributed by atoms with Crippen LogP contribution in [0.2, 0.25) is 0 Å². The zero-order valence-electron chi connectivity index (χ0n) is 11.4. The average molecular weight is 301 g/mol. The molecule has 114 valence electrons. The van der Waals surface area contributed by atoms with Crippen molar-refractivity contribution in [3.63, 3.8) is 0 Å². The fraction of sp³-hybridized carbons (Fsp3) is 0.615. The third kappa shape index (κ3) is 5.35. The maximum absolute atomic E-state index is 12.3. The van der Waals surface area contributed by atoms with Gasteiger partial charge in [-0.25, -0.2) is 0 Å². The number of halogens is 3. The molecule has 0 aliphatic rings. The van der Waals surface area contributed by atoms with Crippen LogP contribution in [-0.2, 0) is 6.42 Å². The summed E-state index contributed by atoms with van der Waals surface area (Å²) in [4.78, 5) is 0. The van der Waals surface area contributed by atoms with Gasteiger partial charge in [-0.05, 0) is 18.0 Å². The Kier molecular flexibility index (Phi) is 5.60. The lowest BCUT2D eigenvalue weighted by molar-refractivity contribution is -0.138. The Hall–Kier alpha value is -2.22. The van der Waals surface area contributed by atoms with E-state index >= 15 is 0 Å². The molecule has 0 fully saturated rings. The highest BCUT2D eigenvalue weighted by atomic mass is 19.4. The van der Waals surface area contributed by atoms with Gasteiger partial charge in [-0.3, -0.25) is 0 Å². The Labute approximate surface area is 119 Å². The fourth-order valence-corrected chi connectivity index (χ4v) is 1.61. The molecule has 1 heterocycles. The second kappa shape index (κ2) is 6.98. The molecular formula is C13H14F3N3O2. The molecule has 0 radical (unpaired) electrons. The van der Waals surface area contributed by atoms with E-state index in [1.54, 1.807) is 12.1 Å². The first-order chi connectivity index (χ1) is 9.84. The standard InChI is InChI=1S/C13H14F3N3O2/c1-2-5-20-11-6-10(21-19-11)7-12(8-17,9-18)3-4-13(14,15)16/h6H,2-5,7H2,1H3. The molecule has 1 rings (SSSR count). The van der Waals surface area contributed by atoms with Crippen molar-refractivity contribution in [1.82, 2.24) is 5.16 Å². The van der Waals surface area contributed by atoms with Crippen molar-refractivity contribution in [2.45, 2.75) is 38.8 Å². The smallest absolute Gasteiger partial charge is 0.389 e. The Bertz CT molecular complexity index is 526. The van der Waals surface area contributed by atoms with Crippen molar-refractivity contribution in [3.8, 4) is 18.0 Å². The second-order valence-electron chi connectivity index (χ2n) is 4.58. The van der Waals surface area contributed by atoms with Crippen molar-refractivity contribution < 1.29 is 22.4 Å². The summed E-state index contributed by atoms with van der Waals surface area (Å²) in [6.45, 7) is 2.32. The minimum absolute atomic E-state index is 0.145. The van der Waals surface area contributed by atoms with E-state index in [-0.39, 0.29) is 18.1 Å². The number of rotatable bonds is 7. The lowest BCUT2D eigenvalue weighted by Crippen LogP contribution is -2.22. The van der Waals surface area contributed by atoms with Crippen LogP contribution in [0.5, 0.6) is 5.88 Å². The van der Waals surface area contributed by atoms with Crippen molar-refractivity contribution in [3.05, 3.63) is 11.8 Å². The van der Waals surface area contributed by atoms with E-state index in [9.17, 15) is 13.2 Å². The molecule has 0 spiro atoms. The van der Waals surface area contributed by atoms with Gasteiger partial charge in [0, 0.05) is 18.9 Å². The third-order valence-electron chi connectivity index (χ3n) is 2.73. The van der Waals surface area contributed by atoms with Crippen LogP contribution in [0.15, 0.2) is 10.6 Å². The second-order valence-corrected chi connectivity index (χ2v) is 4.58. The van der Waals surface area contributed by atoms with Gasteiger partial charge in [0.05, 0.1) is 18.7 Å². The van der Waals surface area contributed by atoms with Gasteiger partial charge in [0.25, 0.3) is 5.88 Å². The van der Waals surface area contributed by atoms with Crippen LogP contribution in [0.25, 0.3) is 0 Å². The summed E-state index contributed by atoms with van der Waals surface area (Å²) in [5.41, 5.74) is -1.79. The lowest BCUT2D eigenvalue weighted by atomic mass is 9.82. The molecule has 0 atom stereocenters. The van der Waals surface area contributed by atoms with Crippen LogP contribution in [-0.4, -0.2) is 17.9 Å². The predicted molar refractivity (Wildman–Crippen MR) is 64.9 cm³/mol. The molecule has 21 heavy (non-hydrogen) atoms. The van der Waals surface area contributed by atoms with Crippen molar-refractivity contribution in [2.24, 2.45) is 5.41 Å². The van der Waals surface area contributed by atoms with E-state index in [0.717, 1.165) is 6.42 Å². The highest BCUT2D eigenvalue weighted by molar-refractivity contribution is 5.21. The summed E-state index contributed by atoms with van der Waals surface area (Å²) in [6, 6.07) is 4.68. The number of hydrogen-bond donors (Lipinski definition) is 0. The summed E-state index contributed by atoms with van der Waals surface area (Å²) < 4.78 is 46.9. The van der Waals surface area contributed by atoms with Crippen molar-refractivity contribution >= 4 is 0 Å². The minimum Gasteiger partial charge on any atom is -0.476 e. The number of alkyl halides is 3. The fourth-order valence-electron chi connectivity index (χ4n) is 1.61. The summed E-state index contributed by atoms with van der Waals surface area (Å²) >= 11 is 0. The topological polar surface area (TPSA) is 82.8 Å². The van der Waals surface area contributed by atoms with Crippen molar-refractivity contribution in [1.29, 1.82) is 10.5 Å². The molecule has 0 saturated heterocycles. The molecule has 1 aromatic heterocycles. The first-order valence-corrected chi connectivity index (χ1v) is 6.32. The predicted octanol–water partition coefficient (Wildman–Crippen LogP) is 3.38. The summed E-state index contributed by atoms with van der Waals surface area (Å²) in [6.07, 6.45) is -5.75. The van der Waals surface area contributed by atoms with E-state index in [4.69, 9.17) is 19.8 Å². The number of nitriles is 2. The van der Waals surface area contributed by atoms with E-state index in [2.05, 4.69) is 5.16 Å². The lowest BCUT2D eigenvalue weighted by Gasteiger charge is -2.17. The molecule has 0 bridgehead atoms. The molecule has 1 aromatic rings. The normalized spacial score (nSPS) is 11.7. The minimum atomic E-state index is -4.42. The van der Waals surface area contributed by atoms with Gasteiger partial charge >= 0.3 is 6.18 Å². The van der Waals surface area contributed by atoms with Gasteiger partial charge in [-0.15, -0.1) is 0 Å². The van der Waals surface area contributed by atoms with Gasteiger partial charge in [-0.2, -0.15) is 23.7 Å². The first-order valence-electron chi connectivity index (χ1n) is 6.32. The highest BCUT2D eigenvalue weighted by Gasteiger charge is 2.38. The maximum atomic E-state index is 12.3. The zero-order valence-corrected chi connectivity index (χ0v) is 11.4. The third-order valence-corrected chi connectivity index (χ3v) is 2.73. The Morgan fingerprint density at radius 2 is 1.95 bits per heavy atom. The SMILES string of the molecule is CCCOc1cc(CC(C#N)(C#N)CCC(F)(F)F)on1. The Balaban J connectivity index is 2.76. The van der Waals surface area contributed by atoms with Crippen LogP contribution in [0.1, 0.15) is 31.9 Å². The molecule has 8 heteroatoms. The molecule has 0 saturated carbocycles. The maximum Gasteiger partial charge on any atom is 0.389 e. The van der Waals surface area contributed by atoms with Gasteiger partial charge in [0.1, 0.15) is 5.76 Å². The summed E-state index contributed by atoms with van der Waals surface area (Å²) in [7, 11) is 0. The largest absolute Gasteiger partial charge is 0.476 e. The van der Waals surface area contributed by atoms with Crippen LogP contribution >= 0.6 is 0 Å². The first kappa shape index (κ1) is 16.8. The Morgan fingerprint density at radius 1 is 1.29 bits per heavy atom. The van der Waals surface area contributed by atoms with Crippen LogP contribution < -0.4 is 4.74 Å². The molecular weight excluding hydrogens is 287 g/mol. The molecule has 0 amide bonds. The van der Waals surface area contributed by atoms with E-state index < -0.39 is 24.4 Å². The quantitative estimate of drug-likeness (QED) is 0.771. The average Bonchev–Trinajstić information content (AvgIpc) is 2.88. The summed E-state index contributed by atoms with van der Waals surface area (Å²) in [5, 5.41) is 21.7. The van der Waals surface area contributed by atoms with Gasteiger partial charge in [0.2, 0.25) is 0 Å². The van der Waals surface area contributed by atoms with Gasteiger partial charge in [0.15, 0.2) is 5.41 Å². The number of aromatic nitrogens is 1. The molecule has 0 N–H and O–H groups in total. The monoisotopic (exact) mass is 301 g/mol. The zero-order chi connectivity index (χ0) is 15.9. The van der Waals surface area contributed by atoms with Crippen LogP contribution in [0.4, 0.5) is 13.2 Å². The number of hydrogen-bond acceptors (Lipinski definition) is 5. The Morgan fingerprint density at radius 3 is 2.48 bits per heavy atom. The number of nitrogens with zero attached hydrogens (tertiary/aromatic N) is 3. The van der Waals surface area contributed by atoms with Crippen LogP contribution in [0.3, 0.4) is 0 Å². The molecule has 0 aliphatic heterocycles. The highest BCUT2D eigenvalue weighted by Crippen LogP contribution is 2.33. The molecule has 0 unspecified atom stereocenters. The van der Waals surface area contributed by atoms with Gasteiger partial charge in [-0.1, -0.05) is 6.92 Å². The van der Waals surface area contributed by atoms with E-state index in [1.807, 2.05) is 6.92 Å². The molecule has 0 aromatic carbocycles. The molecule has 0 aliphatic carbocycles. The van der Waals surface area contributed by atoms with Crippen molar-refractivity contribution in [2.75, 3.05) is 6.61 Å². The van der Waals surface area contributed by atoms with E-state index in [1.165, 1.54) is 6.07 Å². The van der Waals surface area contributed by atoms with Crippen LogP contribution in [0, 0.1) is 28.1 Å². The molecule has 5 nitrogen and oxygen atoms in total.